The van der Waals surface area contributed by atoms with Crippen LogP contribution in [0.1, 0.15) is 16.7 Å². The van der Waals surface area contributed by atoms with Crippen LogP contribution in [-0.2, 0) is 18.5 Å². The topological polar surface area (TPSA) is 107 Å². The molecule has 2 rings (SSSR count). The summed E-state index contributed by atoms with van der Waals surface area (Å²) in [5, 5.41) is 7.59. The van der Waals surface area contributed by atoms with E-state index in [1.54, 1.807) is 24.3 Å². The van der Waals surface area contributed by atoms with E-state index in [1.165, 1.54) is 13.2 Å². The zero-order valence-corrected chi connectivity index (χ0v) is 15.7. The Labute approximate surface area is 164 Å². The van der Waals surface area contributed by atoms with Crippen molar-refractivity contribution in [1.82, 2.24) is 0 Å². The fourth-order valence-corrected chi connectivity index (χ4v) is 2.88. The number of ether oxygens (including phenoxy) is 2. The normalized spacial score (nSPS) is 11.0. The van der Waals surface area contributed by atoms with Crippen molar-refractivity contribution >= 4 is 22.9 Å². The maximum absolute atomic E-state index is 12.8. The van der Waals surface area contributed by atoms with E-state index in [1.807, 2.05) is 0 Å². The van der Waals surface area contributed by atoms with Crippen molar-refractivity contribution in [3.8, 4) is 11.5 Å². The van der Waals surface area contributed by atoms with E-state index >= 15 is 0 Å². The maximum atomic E-state index is 12.8. The summed E-state index contributed by atoms with van der Waals surface area (Å²) in [6.07, 6.45) is -4.41. The standard InChI is InChI=1S/C18H19F3N4O2S/c1-26-14-6-5-12(10-28-17(24)25-16(22)23)8-15(14)27-9-11-3-2-4-13(7-11)18(19,20)21/h2-8H,9-10H2,1H3,(H5,22,23,24,25). The lowest BCUT2D eigenvalue weighted by atomic mass is 10.1. The first kappa shape index (κ1) is 21.4. The van der Waals surface area contributed by atoms with Gasteiger partial charge >= 0.3 is 6.18 Å². The zero-order chi connectivity index (χ0) is 20.7. The minimum atomic E-state index is -4.41. The molecule has 0 unspecified atom stereocenters. The van der Waals surface area contributed by atoms with Crippen LogP contribution in [0.5, 0.6) is 11.5 Å². The number of amidine groups is 1. The quantitative estimate of drug-likeness (QED) is 0.495. The molecule has 28 heavy (non-hydrogen) atoms. The highest BCUT2D eigenvalue weighted by Gasteiger charge is 2.30. The number of nitrogens with one attached hydrogen (secondary N) is 1. The summed E-state index contributed by atoms with van der Waals surface area (Å²) in [6.45, 7) is -0.0549. The van der Waals surface area contributed by atoms with Crippen molar-refractivity contribution in [2.45, 2.75) is 18.5 Å². The second-order valence-electron chi connectivity index (χ2n) is 5.60. The van der Waals surface area contributed by atoms with Gasteiger partial charge in [0.2, 0.25) is 0 Å². The maximum Gasteiger partial charge on any atom is 0.416 e. The Kier molecular flexibility index (Phi) is 7.16. The molecule has 0 spiro atoms. The fourth-order valence-electron chi connectivity index (χ4n) is 2.22. The number of rotatable bonds is 6. The lowest BCUT2D eigenvalue weighted by Crippen LogP contribution is -2.23. The second kappa shape index (κ2) is 9.36. The molecule has 0 bridgehead atoms. The molecule has 150 valence electrons. The number of benzene rings is 2. The third-order valence-electron chi connectivity index (χ3n) is 3.48. The summed E-state index contributed by atoms with van der Waals surface area (Å²) in [7, 11) is 1.47. The first-order chi connectivity index (χ1) is 13.2. The predicted molar refractivity (Wildman–Crippen MR) is 104 cm³/mol. The van der Waals surface area contributed by atoms with Crippen molar-refractivity contribution < 1.29 is 22.6 Å². The number of alkyl halides is 3. The highest BCUT2D eigenvalue weighted by atomic mass is 32.2. The zero-order valence-electron chi connectivity index (χ0n) is 14.9. The van der Waals surface area contributed by atoms with E-state index < -0.39 is 11.7 Å². The Bertz CT molecular complexity index is 868. The van der Waals surface area contributed by atoms with E-state index in [4.69, 9.17) is 26.4 Å². The van der Waals surface area contributed by atoms with Gasteiger partial charge in [0.1, 0.15) is 6.61 Å². The van der Waals surface area contributed by atoms with Gasteiger partial charge in [-0.05, 0) is 35.4 Å². The summed E-state index contributed by atoms with van der Waals surface area (Å²) < 4.78 is 49.4. The number of guanidine groups is 1. The molecule has 2 aromatic rings. The molecule has 5 N–H and O–H groups in total. The highest BCUT2D eigenvalue weighted by Crippen LogP contribution is 2.32. The first-order valence-corrected chi connectivity index (χ1v) is 8.94. The van der Waals surface area contributed by atoms with Gasteiger partial charge in [0, 0.05) is 5.75 Å². The number of halogens is 3. The van der Waals surface area contributed by atoms with Gasteiger partial charge in [-0.1, -0.05) is 30.0 Å². The van der Waals surface area contributed by atoms with E-state index in [2.05, 4.69) is 4.99 Å². The summed E-state index contributed by atoms with van der Waals surface area (Å²) >= 11 is 1.11. The van der Waals surface area contributed by atoms with Gasteiger partial charge in [0.05, 0.1) is 12.7 Å². The second-order valence-corrected chi connectivity index (χ2v) is 6.57. The summed E-state index contributed by atoms with van der Waals surface area (Å²) in [5.74, 6) is 1.03. The van der Waals surface area contributed by atoms with E-state index in [0.29, 0.717) is 22.8 Å². The minimum absolute atomic E-state index is 0.0396. The van der Waals surface area contributed by atoms with Crippen LogP contribution in [-0.4, -0.2) is 18.2 Å². The molecule has 2 aromatic carbocycles. The summed E-state index contributed by atoms with van der Waals surface area (Å²) in [6, 6.07) is 10.1. The van der Waals surface area contributed by atoms with Crippen molar-refractivity contribution in [3.05, 3.63) is 59.2 Å². The Morgan fingerprint density at radius 3 is 2.50 bits per heavy atom. The fraction of sp³-hybridized carbons (Fsp3) is 0.222. The Balaban J connectivity index is 2.10. The smallest absolute Gasteiger partial charge is 0.416 e. The van der Waals surface area contributed by atoms with Crippen LogP contribution in [0, 0.1) is 5.41 Å². The lowest BCUT2D eigenvalue weighted by Gasteiger charge is -2.13. The number of hydrogen-bond donors (Lipinski definition) is 3. The molecule has 0 radical (unpaired) electrons. The molecule has 0 aromatic heterocycles. The Morgan fingerprint density at radius 1 is 1.11 bits per heavy atom. The monoisotopic (exact) mass is 412 g/mol. The summed E-state index contributed by atoms with van der Waals surface area (Å²) in [5.41, 5.74) is 10.9. The molecule has 10 heteroatoms. The number of aliphatic imine (C=N–C) groups is 1. The molecule has 0 saturated carbocycles. The predicted octanol–water partition coefficient (Wildman–Crippen LogP) is 3.73. The number of thioether (sulfide) groups is 1. The molecule has 0 aliphatic rings. The molecule has 0 aliphatic heterocycles. The van der Waals surface area contributed by atoms with Gasteiger partial charge in [-0.3, -0.25) is 5.41 Å². The highest BCUT2D eigenvalue weighted by molar-refractivity contribution is 8.13. The Hall–Kier alpha value is -2.88. The van der Waals surface area contributed by atoms with Gasteiger partial charge in [0.15, 0.2) is 22.6 Å². The lowest BCUT2D eigenvalue weighted by molar-refractivity contribution is -0.137. The van der Waals surface area contributed by atoms with Gasteiger partial charge < -0.3 is 20.9 Å². The van der Waals surface area contributed by atoms with Crippen LogP contribution in [0.4, 0.5) is 13.2 Å². The van der Waals surface area contributed by atoms with Crippen LogP contribution < -0.4 is 20.9 Å². The van der Waals surface area contributed by atoms with Crippen LogP contribution in [0.2, 0.25) is 0 Å². The van der Waals surface area contributed by atoms with Crippen molar-refractivity contribution in [1.29, 1.82) is 5.41 Å². The average molecular weight is 412 g/mol. The van der Waals surface area contributed by atoms with Crippen LogP contribution in [0.3, 0.4) is 0 Å². The van der Waals surface area contributed by atoms with Crippen LogP contribution in [0.15, 0.2) is 47.5 Å². The number of nitrogens with zero attached hydrogens (tertiary/aromatic N) is 1. The van der Waals surface area contributed by atoms with Crippen molar-refractivity contribution in [3.63, 3.8) is 0 Å². The number of nitrogens with two attached hydrogens (primary N) is 2. The molecular weight excluding hydrogens is 393 g/mol. The van der Waals surface area contributed by atoms with Gasteiger partial charge in [-0.15, -0.1) is 0 Å². The van der Waals surface area contributed by atoms with Gasteiger partial charge in [-0.25, -0.2) is 0 Å². The van der Waals surface area contributed by atoms with E-state index in [0.717, 1.165) is 29.5 Å². The summed E-state index contributed by atoms with van der Waals surface area (Å²) in [4.78, 5) is 3.62. The van der Waals surface area contributed by atoms with E-state index in [-0.39, 0.29) is 17.7 Å². The number of methoxy groups -OCH3 is 1. The largest absolute Gasteiger partial charge is 0.493 e. The molecule has 0 saturated heterocycles. The third kappa shape index (κ3) is 6.38. The molecule has 0 aliphatic carbocycles. The SMILES string of the molecule is COc1ccc(CSC(=N)N=C(N)N)cc1OCc1cccc(C(F)(F)F)c1. The average Bonchev–Trinajstić information content (AvgIpc) is 2.63. The van der Waals surface area contributed by atoms with Crippen LogP contribution >= 0.6 is 11.8 Å². The number of hydrogen-bond acceptors (Lipinski definition) is 4. The van der Waals surface area contributed by atoms with E-state index in [9.17, 15) is 13.2 Å². The third-order valence-corrected chi connectivity index (χ3v) is 4.33. The Morgan fingerprint density at radius 2 is 1.86 bits per heavy atom. The molecule has 0 fully saturated rings. The van der Waals surface area contributed by atoms with Crippen LogP contribution in [0.25, 0.3) is 0 Å². The molecule has 0 heterocycles. The molecule has 0 atom stereocenters. The van der Waals surface area contributed by atoms with Crippen molar-refractivity contribution in [2.75, 3.05) is 7.11 Å². The van der Waals surface area contributed by atoms with Gasteiger partial charge in [0.25, 0.3) is 0 Å². The molecule has 6 nitrogen and oxygen atoms in total. The molecular formula is C18H19F3N4O2S. The van der Waals surface area contributed by atoms with Crippen molar-refractivity contribution in [2.24, 2.45) is 16.5 Å². The minimum Gasteiger partial charge on any atom is -0.493 e. The van der Waals surface area contributed by atoms with Gasteiger partial charge in [-0.2, -0.15) is 18.2 Å². The molecule has 0 amide bonds. The first-order valence-electron chi connectivity index (χ1n) is 7.96.